The summed E-state index contributed by atoms with van der Waals surface area (Å²) in [5.41, 5.74) is -0.915. The van der Waals surface area contributed by atoms with Gasteiger partial charge in [0, 0.05) is 13.7 Å². The highest BCUT2D eigenvalue weighted by Gasteiger charge is 2.25. The molecule has 0 spiro atoms. The Hall–Kier alpha value is -0.120. The Morgan fingerprint density at radius 3 is 2.14 bits per heavy atom. The van der Waals surface area contributed by atoms with Gasteiger partial charge in [0.1, 0.15) is 0 Å². The van der Waals surface area contributed by atoms with Gasteiger partial charge in [-0.3, -0.25) is 0 Å². The lowest BCUT2D eigenvalue weighted by Gasteiger charge is -2.29. The van der Waals surface area contributed by atoms with Crippen molar-refractivity contribution in [2.24, 2.45) is 0 Å². The Balaban J connectivity index is 3.85. The highest BCUT2D eigenvalue weighted by molar-refractivity contribution is 4.77. The van der Waals surface area contributed by atoms with Crippen molar-refractivity contribution in [3.8, 4) is 0 Å². The average Bonchev–Trinajstić information content (AvgIpc) is 2.12. The van der Waals surface area contributed by atoms with Gasteiger partial charge in [-0.25, -0.2) is 0 Å². The number of hydrogen-bond acceptors (Lipinski definition) is 3. The summed E-state index contributed by atoms with van der Waals surface area (Å²) < 4.78 is 10.5. The van der Waals surface area contributed by atoms with Crippen molar-refractivity contribution >= 4 is 0 Å². The smallest absolute Gasteiger partial charge is 0.0853 e. The molecule has 0 saturated heterocycles. The van der Waals surface area contributed by atoms with E-state index in [1.165, 1.54) is 0 Å². The molecule has 86 valence electrons. The standard InChI is InChI=1S/C11H24O3/c1-6-14-9-11(4,12)8-7-10(2,3)13-5/h12H,6-9H2,1-5H3. The Bertz CT molecular complexity index is 153. The van der Waals surface area contributed by atoms with Crippen LogP contribution in [0.25, 0.3) is 0 Å². The van der Waals surface area contributed by atoms with E-state index in [0.717, 1.165) is 6.42 Å². The van der Waals surface area contributed by atoms with Crippen LogP contribution in [-0.4, -0.2) is 36.6 Å². The molecule has 0 rings (SSSR count). The number of ether oxygens (including phenoxy) is 2. The molecule has 0 heterocycles. The fraction of sp³-hybridized carbons (Fsp3) is 1.00. The molecule has 0 aromatic heterocycles. The SMILES string of the molecule is CCOCC(C)(O)CCC(C)(C)OC. The van der Waals surface area contributed by atoms with E-state index in [1.807, 2.05) is 20.8 Å². The summed E-state index contributed by atoms with van der Waals surface area (Å²) >= 11 is 0. The van der Waals surface area contributed by atoms with Gasteiger partial charge in [-0.15, -0.1) is 0 Å². The van der Waals surface area contributed by atoms with E-state index in [4.69, 9.17) is 9.47 Å². The molecule has 0 saturated carbocycles. The third kappa shape index (κ3) is 6.35. The van der Waals surface area contributed by atoms with Crippen LogP contribution in [0.1, 0.15) is 40.5 Å². The van der Waals surface area contributed by atoms with Gasteiger partial charge in [0.25, 0.3) is 0 Å². The largest absolute Gasteiger partial charge is 0.388 e. The molecule has 0 aliphatic heterocycles. The molecule has 0 aliphatic rings. The first-order chi connectivity index (χ1) is 6.33. The lowest BCUT2D eigenvalue weighted by Crippen LogP contribution is -2.34. The van der Waals surface area contributed by atoms with Crippen molar-refractivity contribution in [2.45, 2.75) is 51.7 Å². The second-order valence-electron chi connectivity index (χ2n) is 4.60. The minimum Gasteiger partial charge on any atom is -0.388 e. The normalized spacial score (nSPS) is 16.7. The molecule has 1 atom stereocenters. The predicted octanol–water partition coefficient (Wildman–Crippen LogP) is 1.98. The Labute approximate surface area is 87.4 Å². The minimum atomic E-state index is -0.744. The number of hydrogen-bond donors (Lipinski definition) is 1. The molecule has 14 heavy (non-hydrogen) atoms. The molecule has 1 N–H and O–H groups in total. The van der Waals surface area contributed by atoms with Crippen LogP contribution in [0.5, 0.6) is 0 Å². The summed E-state index contributed by atoms with van der Waals surface area (Å²) in [5.74, 6) is 0. The fourth-order valence-corrected chi connectivity index (χ4v) is 1.07. The van der Waals surface area contributed by atoms with Crippen LogP contribution in [0.4, 0.5) is 0 Å². The first-order valence-corrected chi connectivity index (χ1v) is 5.18. The second kappa shape index (κ2) is 5.69. The van der Waals surface area contributed by atoms with E-state index in [-0.39, 0.29) is 5.60 Å². The molecular formula is C11H24O3. The van der Waals surface area contributed by atoms with Crippen molar-refractivity contribution in [1.82, 2.24) is 0 Å². The Morgan fingerprint density at radius 1 is 1.14 bits per heavy atom. The molecule has 0 aliphatic carbocycles. The monoisotopic (exact) mass is 204 g/mol. The van der Waals surface area contributed by atoms with Gasteiger partial charge in [0.05, 0.1) is 17.8 Å². The fourth-order valence-electron chi connectivity index (χ4n) is 1.07. The first-order valence-electron chi connectivity index (χ1n) is 5.18. The third-order valence-electron chi connectivity index (χ3n) is 2.44. The summed E-state index contributed by atoms with van der Waals surface area (Å²) in [7, 11) is 1.69. The van der Waals surface area contributed by atoms with E-state index in [1.54, 1.807) is 14.0 Å². The van der Waals surface area contributed by atoms with Gasteiger partial charge in [0.2, 0.25) is 0 Å². The van der Waals surface area contributed by atoms with Gasteiger partial charge in [0.15, 0.2) is 0 Å². The molecule has 3 heteroatoms. The molecule has 0 fully saturated rings. The van der Waals surface area contributed by atoms with Gasteiger partial charge in [-0.1, -0.05) is 0 Å². The zero-order valence-electron chi connectivity index (χ0n) is 10.1. The van der Waals surface area contributed by atoms with E-state index < -0.39 is 5.60 Å². The van der Waals surface area contributed by atoms with Crippen LogP contribution in [0, 0.1) is 0 Å². The number of aliphatic hydroxyl groups is 1. The quantitative estimate of drug-likeness (QED) is 0.689. The van der Waals surface area contributed by atoms with E-state index in [0.29, 0.717) is 19.6 Å². The number of rotatable bonds is 7. The van der Waals surface area contributed by atoms with Crippen LogP contribution >= 0.6 is 0 Å². The molecule has 0 aromatic rings. The van der Waals surface area contributed by atoms with Crippen LogP contribution in [0.15, 0.2) is 0 Å². The molecule has 3 nitrogen and oxygen atoms in total. The lowest BCUT2D eigenvalue weighted by atomic mass is 9.93. The van der Waals surface area contributed by atoms with Crippen molar-refractivity contribution < 1.29 is 14.6 Å². The van der Waals surface area contributed by atoms with Gasteiger partial charge in [-0.2, -0.15) is 0 Å². The summed E-state index contributed by atoms with van der Waals surface area (Å²) in [6.07, 6.45) is 1.51. The average molecular weight is 204 g/mol. The number of methoxy groups -OCH3 is 1. The summed E-state index contributed by atoms with van der Waals surface area (Å²) in [5, 5.41) is 9.92. The summed E-state index contributed by atoms with van der Waals surface area (Å²) in [4.78, 5) is 0. The van der Waals surface area contributed by atoms with Crippen LogP contribution in [-0.2, 0) is 9.47 Å². The Kier molecular flexibility index (Phi) is 5.64. The molecule has 0 aromatic carbocycles. The zero-order valence-corrected chi connectivity index (χ0v) is 10.1. The third-order valence-corrected chi connectivity index (χ3v) is 2.44. The maximum atomic E-state index is 9.92. The van der Waals surface area contributed by atoms with Crippen molar-refractivity contribution in [1.29, 1.82) is 0 Å². The van der Waals surface area contributed by atoms with E-state index in [2.05, 4.69) is 0 Å². The zero-order chi connectivity index (χ0) is 11.2. The summed E-state index contributed by atoms with van der Waals surface area (Å²) in [6, 6.07) is 0. The predicted molar refractivity (Wildman–Crippen MR) is 57.4 cm³/mol. The summed E-state index contributed by atoms with van der Waals surface area (Å²) in [6.45, 7) is 8.80. The molecule has 1 unspecified atom stereocenters. The second-order valence-corrected chi connectivity index (χ2v) is 4.60. The van der Waals surface area contributed by atoms with Crippen LogP contribution in [0.2, 0.25) is 0 Å². The molecule has 0 amide bonds. The van der Waals surface area contributed by atoms with Crippen molar-refractivity contribution in [3.63, 3.8) is 0 Å². The lowest BCUT2D eigenvalue weighted by molar-refractivity contribution is -0.0583. The highest BCUT2D eigenvalue weighted by atomic mass is 16.5. The highest BCUT2D eigenvalue weighted by Crippen LogP contribution is 2.21. The van der Waals surface area contributed by atoms with Crippen molar-refractivity contribution in [3.05, 3.63) is 0 Å². The van der Waals surface area contributed by atoms with E-state index in [9.17, 15) is 5.11 Å². The van der Waals surface area contributed by atoms with Crippen LogP contribution in [0.3, 0.4) is 0 Å². The van der Waals surface area contributed by atoms with Crippen molar-refractivity contribution in [2.75, 3.05) is 20.3 Å². The maximum absolute atomic E-state index is 9.92. The van der Waals surface area contributed by atoms with E-state index >= 15 is 0 Å². The molecule has 0 radical (unpaired) electrons. The minimum absolute atomic E-state index is 0.170. The first kappa shape index (κ1) is 13.9. The Morgan fingerprint density at radius 2 is 1.71 bits per heavy atom. The molecule has 0 bridgehead atoms. The topological polar surface area (TPSA) is 38.7 Å². The van der Waals surface area contributed by atoms with Gasteiger partial charge in [-0.05, 0) is 40.5 Å². The van der Waals surface area contributed by atoms with Gasteiger partial charge >= 0.3 is 0 Å². The maximum Gasteiger partial charge on any atom is 0.0853 e. The van der Waals surface area contributed by atoms with Crippen LogP contribution < -0.4 is 0 Å². The van der Waals surface area contributed by atoms with Gasteiger partial charge < -0.3 is 14.6 Å². The molecular weight excluding hydrogens is 180 g/mol.